The van der Waals surface area contributed by atoms with Crippen molar-refractivity contribution in [3.8, 4) is 10.4 Å². The van der Waals surface area contributed by atoms with Crippen LogP contribution < -0.4 is 0 Å². The molecule has 5 rings (SSSR count). The molecule has 0 saturated carbocycles. The predicted molar refractivity (Wildman–Crippen MR) is 100 cm³/mol. The molecule has 0 aliphatic heterocycles. The summed E-state index contributed by atoms with van der Waals surface area (Å²) in [5, 5.41) is 11.0. The van der Waals surface area contributed by atoms with Gasteiger partial charge in [-0.2, -0.15) is 0 Å². The number of hydrogen-bond acceptors (Lipinski definition) is 2. The van der Waals surface area contributed by atoms with Gasteiger partial charge in [0.1, 0.15) is 0 Å². The fourth-order valence-corrected chi connectivity index (χ4v) is 4.85. The van der Waals surface area contributed by atoms with Crippen LogP contribution in [-0.4, -0.2) is 0 Å². The number of fused-ring (bicyclic) bond motifs is 3. The minimum Gasteiger partial charge on any atom is -0.144 e. The topological polar surface area (TPSA) is 0 Å². The Morgan fingerprint density at radius 1 is 0.591 bits per heavy atom. The van der Waals surface area contributed by atoms with Crippen LogP contribution in [0.4, 0.5) is 0 Å². The normalized spacial score (nSPS) is 11.6. The molecule has 0 bridgehead atoms. The summed E-state index contributed by atoms with van der Waals surface area (Å²) in [7, 11) is 0. The molecule has 0 unspecified atom stereocenters. The van der Waals surface area contributed by atoms with Crippen LogP contribution in [0.1, 0.15) is 0 Å². The second-order valence-corrected chi connectivity index (χ2v) is 7.38. The largest absolute Gasteiger partial charge is 0.144 e. The van der Waals surface area contributed by atoms with E-state index in [0.717, 1.165) is 0 Å². The fourth-order valence-electron chi connectivity index (χ4n) is 3.21. The Morgan fingerprint density at radius 2 is 1.45 bits per heavy atom. The van der Waals surface area contributed by atoms with Crippen LogP contribution in [0, 0.1) is 0 Å². The standard InChI is InChI=1S/C20H12S2/c1-2-5-14-11-17-15(10-13(14)4-1)12-19-16(7-9-22-19)20(17)18-6-3-8-21-18/h1-12H. The Balaban J connectivity index is 2.04. The lowest BCUT2D eigenvalue weighted by Crippen LogP contribution is -1.82. The molecule has 0 aliphatic rings. The van der Waals surface area contributed by atoms with E-state index in [1.807, 2.05) is 22.7 Å². The van der Waals surface area contributed by atoms with Gasteiger partial charge in [0, 0.05) is 20.5 Å². The van der Waals surface area contributed by atoms with Gasteiger partial charge in [0.15, 0.2) is 0 Å². The van der Waals surface area contributed by atoms with Crippen molar-refractivity contribution < 1.29 is 0 Å². The van der Waals surface area contributed by atoms with Gasteiger partial charge in [0.2, 0.25) is 0 Å². The van der Waals surface area contributed by atoms with Crippen LogP contribution in [0.3, 0.4) is 0 Å². The van der Waals surface area contributed by atoms with E-state index in [9.17, 15) is 0 Å². The van der Waals surface area contributed by atoms with Crippen LogP contribution in [-0.2, 0) is 0 Å². The SMILES string of the molecule is c1csc(-c2c3cc4ccccc4cc3cc3sccc23)c1. The van der Waals surface area contributed by atoms with Crippen LogP contribution in [0.2, 0.25) is 0 Å². The molecule has 0 saturated heterocycles. The van der Waals surface area contributed by atoms with Gasteiger partial charge in [-0.1, -0.05) is 30.3 Å². The molecule has 0 atom stereocenters. The Morgan fingerprint density at radius 3 is 2.27 bits per heavy atom. The van der Waals surface area contributed by atoms with Gasteiger partial charge in [-0.25, -0.2) is 0 Å². The van der Waals surface area contributed by atoms with E-state index in [0.29, 0.717) is 0 Å². The molecule has 0 aliphatic carbocycles. The Bertz CT molecular complexity index is 1110. The molecule has 5 aromatic rings. The third-order valence-electron chi connectivity index (χ3n) is 4.21. The maximum atomic E-state index is 2.34. The zero-order valence-corrected chi connectivity index (χ0v) is 13.4. The number of rotatable bonds is 1. The van der Waals surface area contributed by atoms with Gasteiger partial charge in [-0.05, 0) is 62.6 Å². The van der Waals surface area contributed by atoms with Crippen LogP contribution in [0.25, 0.3) is 42.1 Å². The maximum Gasteiger partial charge on any atom is 0.0355 e. The average Bonchev–Trinajstić information content (AvgIpc) is 3.21. The van der Waals surface area contributed by atoms with Gasteiger partial charge in [-0.3, -0.25) is 0 Å². The second kappa shape index (κ2) is 4.67. The summed E-state index contributed by atoms with van der Waals surface area (Å²) in [6.07, 6.45) is 0. The number of thiophene rings is 2. The highest BCUT2D eigenvalue weighted by atomic mass is 32.1. The minimum atomic E-state index is 1.31. The molecule has 2 aromatic heterocycles. The van der Waals surface area contributed by atoms with Gasteiger partial charge in [-0.15, -0.1) is 22.7 Å². The van der Waals surface area contributed by atoms with Crippen molar-refractivity contribution in [1.82, 2.24) is 0 Å². The molecule has 0 amide bonds. The zero-order chi connectivity index (χ0) is 14.5. The van der Waals surface area contributed by atoms with Crippen molar-refractivity contribution in [3.05, 3.63) is 71.4 Å². The summed E-state index contributed by atoms with van der Waals surface area (Å²) in [5.74, 6) is 0. The third kappa shape index (κ3) is 1.75. The Hall–Kier alpha value is -2.16. The molecule has 2 heterocycles. The van der Waals surface area contributed by atoms with Crippen molar-refractivity contribution in [2.75, 3.05) is 0 Å². The van der Waals surface area contributed by atoms with Gasteiger partial charge in [0.25, 0.3) is 0 Å². The lowest BCUT2D eigenvalue weighted by molar-refractivity contribution is 1.79. The molecular formula is C20H12S2. The van der Waals surface area contributed by atoms with Crippen molar-refractivity contribution in [2.45, 2.75) is 0 Å². The minimum absolute atomic E-state index is 1.31. The molecule has 0 N–H and O–H groups in total. The molecule has 22 heavy (non-hydrogen) atoms. The molecule has 0 fully saturated rings. The molecule has 2 heteroatoms. The lowest BCUT2D eigenvalue weighted by Gasteiger charge is -2.09. The smallest absolute Gasteiger partial charge is 0.0355 e. The van der Waals surface area contributed by atoms with E-state index < -0.39 is 0 Å². The van der Waals surface area contributed by atoms with E-state index in [1.54, 1.807) is 0 Å². The first kappa shape index (κ1) is 12.4. The monoisotopic (exact) mass is 316 g/mol. The summed E-state index contributed by atoms with van der Waals surface area (Å²) in [5.41, 5.74) is 1.38. The van der Waals surface area contributed by atoms with Crippen LogP contribution in [0.5, 0.6) is 0 Å². The van der Waals surface area contributed by atoms with Crippen LogP contribution in [0.15, 0.2) is 71.4 Å². The van der Waals surface area contributed by atoms with Crippen LogP contribution >= 0.6 is 22.7 Å². The van der Waals surface area contributed by atoms with E-state index >= 15 is 0 Å². The van der Waals surface area contributed by atoms with Gasteiger partial charge in [0.05, 0.1) is 0 Å². The zero-order valence-electron chi connectivity index (χ0n) is 11.7. The van der Waals surface area contributed by atoms with Crippen molar-refractivity contribution >= 4 is 54.3 Å². The molecule has 104 valence electrons. The molecular weight excluding hydrogens is 304 g/mol. The van der Waals surface area contributed by atoms with Crippen molar-refractivity contribution in [3.63, 3.8) is 0 Å². The highest BCUT2D eigenvalue weighted by Gasteiger charge is 2.12. The fraction of sp³-hybridized carbons (Fsp3) is 0. The number of benzene rings is 3. The summed E-state index contributed by atoms with van der Waals surface area (Å²) < 4.78 is 1.37. The second-order valence-electron chi connectivity index (χ2n) is 5.48. The van der Waals surface area contributed by atoms with E-state index in [4.69, 9.17) is 0 Å². The Labute approximate surface area is 136 Å². The highest BCUT2D eigenvalue weighted by Crippen LogP contribution is 2.41. The van der Waals surface area contributed by atoms with E-state index in [1.165, 1.54) is 42.1 Å². The quantitative estimate of drug-likeness (QED) is 0.294. The lowest BCUT2D eigenvalue weighted by atomic mass is 9.96. The first-order valence-corrected chi connectivity index (χ1v) is 9.03. The van der Waals surface area contributed by atoms with Gasteiger partial charge < -0.3 is 0 Å². The number of hydrogen-bond donors (Lipinski definition) is 0. The summed E-state index contributed by atoms with van der Waals surface area (Å²) in [6, 6.07) is 22.2. The maximum absolute atomic E-state index is 2.34. The van der Waals surface area contributed by atoms with Crippen molar-refractivity contribution in [1.29, 1.82) is 0 Å². The van der Waals surface area contributed by atoms with E-state index in [2.05, 4.69) is 71.4 Å². The molecule has 0 spiro atoms. The third-order valence-corrected chi connectivity index (χ3v) is 5.96. The van der Waals surface area contributed by atoms with Crippen molar-refractivity contribution in [2.24, 2.45) is 0 Å². The molecule has 0 nitrogen and oxygen atoms in total. The first-order chi connectivity index (χ1) is 10.9. The molecule has 0 radical (unpaired) electrons. The predicted octanol–water partition coefficient (Wildman–Crippen LogP) is 6.94. The highest BCUT2D eigenvalue weighted by molar-refractivity contribution is 7.17. The summed E-state index contributed by atoms with van der Waals surface area (Å²) >= 11 is 3.64. The van der Waals surface area contributed by atoms with E-state index in [-0.39, 0.29) is 0 Å². The summed E-state index contributed by atoms with van der Waals surface area (Å²) in [6.45, 7) is 0. The molecule has 3 aromatic carbocycles. The van der Waals surface area contributed by atoms with Gasteiger partial charge >= 0.3 is 0 Å². The first-order valence-electron chi connectivity index (χ1n) is 7.27. The summed E-state index contributed by atoms with van der Waals surface area (Å²) in [4.78, 5) is 1.35. The Kier molecular flexibility index (Phi) is 2.63. The average molecular weight is 316 g/mol.